The van der Waals surface area contributed by atoms with E-state index in [1.165, 1.54) is 0 Å². The average molecular weight is 360 g/mol. The van der Waals surface area contributed by atoms with Gasteiger partial charge in [0, 0.05) is 8.27 Å². The summed E-state index contributed by atoms with van der Waals surface area (Å²) < 4.78 is 6.93. The summed E-state index contributed by atoms with van der Waals surface area (Å²) in [6.45, 7) is 5.65. The predicted octanol–water partition coefficient (Wildman–Crippen LogP) is -0.760. The van der Waals surface area contributed by atoms with Crippen LogP contribution in [0.4, 0.5) is 0 Å². The van der Waals surface area contributed by atoms with Crippen LogP contribution in [0.2, 0.25) is 0 Å². The topological polar surface area (TPSA) is 145 Å². The number of carbonyl (C=O) groups excluding carboxylic acids is 3. The lowest BCUT2D eigenvalue weighted by Crippen LogP contribution is -2.57. The summed E-state index contributed by atoms with van der Waals surface area (Å²) in [4.78, 5) is 47.2. The highest BCUT2D eigenvalue weighted by molar-refractivity contribution is 5.93. The number of carbonyl (C=O) groups is 4. The molecule has 5 N–H and O–H groups in total. The molecular weight excluding hydrogens is 330 g/mol. The first kappa shape index (κ1) is 20.9. The Bertz CT molecular complexity index is 512. The average Bonchev–Trinajstić information content (AvgIpc) is 2.54. The van der Waals surface area contributed by atoms with Gasteiger partial charge in [-0.3, -0.25) is 14.4 Å². The molecule has 0 aromatic carbocycles. The van der Waals surface area contributed by atoms with Crippen molar-refractivity contribution in [2.45, 2.75) is 59.1 Å². The molecule has 0 saturated carbocycles. The molecule has 0 spiro atoms. The Kier molecular flexibility index (Phi) is 8.90. The van der Waals surface area contributed by atoms with Gasteiger partial charge in [-0.15, -0.1) is 0 Å². The molecule has 0 aromatic heterocycles. The number of aliphatic hydroxyl groups excluding tert-OH is 1. The van der Waals surface area contributed by atoms with Crippen LogP contribution in [0.15, 0.2) is 0 Å². The van der Waals surface area contributed by atoms with Crippen LogP contribution in [0.25, 0.3) is 0 Å². The molecule has 9 nitrogen and oxygen atoms in total. The van der Waals surface area contributed by atoms with Crippen LogP contribution in [-0.2, 0) is 19.2 Å². The zero-order chi connectivity index (χ0) is 20.4. The zero-order valence-corrected chi connectivity index (χ0v) is 15.0. The van der Waals surface area contributed by atoms with E-state index in [9.17, 15) is 29.4 Å². The van der Waals surface area contributed by atoms with Crippen molar-refractivity contribution in [3.63, 3.8) is 0 Å². The van der Waals surface area contributed by atoms with Crippen molar-refractivity contribution in [3.05, 3.63) is 0 Å². The summed E-state index contributed by atoms with van der Waals surface area (Å²) in [5.41, 5.74) is 0. The first-order valence-electron chi connectivity index (χ1n) is 8.77. The third-order valence-corrected chi connectivity index (χ3v) is 3.40. The first-order chi connectivity index (χ1) is 12.0. The highest BCUT2D eigenvalue weighted by Crippen LogP contribution is 2.08. The van der Waals surface area contributed by atoms with Gasteiger partial charge >= 0.3 is 5.97 Å². The van der Waals surface area contributed by atoms with Crippen molar-refractivity contribution in [1.29, 1.82) is 0 Å². The van der Waals surface area contributed by atoms with Crippen molar-refractivity contribution >= 4 is 23.7 Å². The zero-order valence-electron chi connectivity index (χ0n) is 16.0. The van der Waals surface area contributed by atoms with E-state index in [4.69, 9.17) is 1.37 Å². The molecule has 0 unspecified atom stereocenters. The fourth-order valence-electron chi connectivity index (χ4n) is 2.13. The van der Waals surface area contributed by atoms with Crippen LogP contribution < -0.4 is 16.0 Å². The number of hydrogen-bond donors (Lipinski definition) is 5. The Balaban J connectivity index is 5.17. The van der Waals surface area contributed by atoms with Gasteiger partial charge in [0.25, 0.3) is 0 Å². The summed E-state index contributed by atoms with van der Waals surface area (Å²) in [6.07, 6.45) is 0.243. The monoisotopic (exact) mass is 360 g/mol. The maximum atomic E-state index is 12.5. The van der Waals surface area contributed by atoms with Crippen LogP contribution in [0.1, 0.15) is 42.4 Å². The number of rotatable bonds is 10. The van der Waals surface area contributed by atoms with E-state index in [0.717, 1.165) is 0 Å². The number of nitrogens with one attached hydrogen (secondary N) is 3. The van der Waals surface area contributed by atoms with Crippen molar-refractivity contribution < 1.29 is 30.8 Å². The molecule has 3 amide bonds. The van der Waals surface area contributed by atoms with Gasteiger partial charge in [0.1, 0.15) is 18.1 Å². The fourth-order valence-corrected chi connectivity index (χ4v) is 2.13. The largest absolute Gasteiger partial charge is 0.480 e. The SMILES string of the molecule is [2H]CC(=O)N[C@@H](CO)C(=O)N[C@@H](CC(C)C)C(=O)N[C@H](C(=O)O)C(C)C. The normalized spacial score (nSPS) is 15.1. The number of amides is 3. The van der Waals surface area contributed by atoms with Crippen LogP contribution >= 0.6 is 0 Å². The van der Waals surface area contributed by atoms with Crippen LogP contribution in [0.3, 0.4) is 0 Å². The minimum atomic E-state index is -1.30. The lowest BCUT2D eigenvalue weighted by atomic mass is 10.00. The number of hydrogen-bond acceptors (Lipinski definition) is 5. The molecule has 0 heterocycles. The van der Waals surface area contributed by atoms with Crippen LogP contribution in [-0.4, -0.2) is 58.6 Å². The molecule has 0 rings (SSSR count). The minimum Gasteiger partial charge on any atom is -0.480 e. The van der Waals surface area contributed by atoms with Gasteiger partial charge in [-0.1, -0.05) is 27.7 Å². The van der Waals surface area contributed by atoms with Gasteiger partial charge < -0.3 is 26.2 Å². The summed E-state index contributed by atoms with van der Waals surface area (Å²) in [5, 5.41) is 25.5. The smallest absolute Gasteiger partial charge is 0.326 e. The van der Waals surface area contributed by atoms with Gasteiger partial charge in [0.2, 0.25) is 17.7 Å². The lowest BCUT2D eigenvalue weighted by Gasteiger charge is -2.25. The van der Waals surface area contributed by atoms with E-state index < -0.39 is 55.3 Å². The molecule has 0 aliphatic carbocycles. The van der Waals surface area contributed by atoms with Crippen LogP contribution in [0, 0.1) is 11.8 Å². The molecule has 144 valence electrons. The number of aliphatic hydroxyl groups is 1. The molecule has 9 heteroatoms. The Morgan fingerprint density at radius 2 is 1.52 bits per heavy atom. The number of aliphatic carboxylic acids is 1. The Labute approximate surface area is 149 Å². The van der Waals surface area contributed by atoms with Crippen molar-refractivity contribution in [2.75, 3.05) is 6.61 Å². The van der Waals surface area contributed by atoms with Gasteiger partial charge in [-0.25, -0.2) is 4.79 Å². The third-order valence-electron chi connectivity index (χ3n) is 3.40. The standard InChI is InChI=1S/C16H29N3O6/c1-8(2)6-11(14(22)19-13(9(3)4)16(24)25)18-15(23)12(7-20)17-10(5)21/h8-9,11-13,20H,6-7H2,1-5H3,(H,17,21)(H,18,23)(H,19,22)(H,24,25)/t11-,12-,13-/m0/s1/i5D. The van der Waals surface area contributed by atoms with Gasteiger partial charge in [-0.2, -0.15) is 0 Å². The van der Waals surface area contributed by atoms with Crippen molar-refractivity contribution in [2.24, 2.45) is 11.8 Å². The first-order valence-corrected chi connectivity index (χ1v) is 8.06. The van der Waals surface area contributed by atoms with E-state index in [1.807, 2.05) is 13.8 Å². The summed E-state index contributed by atoms with van der Waals surface area (Å²) in [6, 6.07) is -3.42. The summed E-state index contributed by atoms with van der Waals surface area (Å²) in [5.74, 6) is -3.70. The number of carboxylic acids is 1. The third kappa shape index (κ3) is 8.48. The van der Waals surface area contributed by atoms with Crippen molar-refractivity contribution in [3.8, 4) is 0 Å². The molecule has 25 heavy (non-hydrogen) atoms. The van der Waals surface area contributed by atoms with Crippen LogP contribution in [0.5, 0.6) is 0 Å². The van der Waals surface area contributed by atoms with Gasteiger partial charge in [-0.05, 0) is 18.3 Å². The summed E-state index contributed by atoms with van der Waals surface area (Å²) >= 11 is 0. The fraction of sp³-hybridized carbons (Fsp3) is 0.750. The minimum absolute atomic E-state index is 0.0174. The van der Waals surface area contributed by atoms with E-state index in [0.29, 0.717) is 0 Å². The van der Waals surface area contributed by atoms with E-state index in [-0.39, 0.29) is 18.3 Å². The molecule has 0 bridgehead atoms. The van der Waals surface area contributed by atoms with E-state index >= 15 is 0 Å². The molecular formula is C16H29N3O6. The van der Waals surface area contributed by atoms with Gasteiger partial charge in [0.15, 0.2) is 0 Å². The maximum absolute atomic E-state index is 12.5. The molecule has 0 saturated heterocycles. The molecule has 0 aliphatic rings. The van der Waals surface area contributed by atoms with Gasteiger partial charge in [0.05, 0.1) is 6.61 Å². The van der Waals surface area contributed by atoms with Crippen molar-refractivity contribution in [1.82, 2.24) is 16.0 Å². The molecule has 0 aromatic rings. The second kappa shape index (κ2) is 10.7. The molecule has 0 fully saturated rings. The highest BCUT2D eigenvalue weighted by Gasteiger charge is 2.30. The molecule has 0 radical (unpaired) electrons. The highest BCUT2D eigenvalue weighted by atomic mass is 16.4. The van der Waals surface area contributed by atoms with E-state index in [1.54, 1.807) is 13.8 Å². The Hall–Kier alpha value is -2.16. The second-order valence-electron chi connectivity index (χ2n) is 6.56. The predicted molar refractivity (Wildman–Crippen MR) is 90.5 cm³/mol. The quantitative estimate of drug-likeness (QED) is 0.346. The Morgan fingerprint density at radius 3 is 1.92 bits per heavy atom. The second-order valence-corrected chi connectivity index (χ2v) is 6.56. The van der Waals surface area contributed by atoms with E-state index in [2.05, 4.69) is 16.0 Å². The lowest BCUT2D eigenvalue weighted by molar-refractivity contribution is -0.143. The molecule has 0 aliphatic heterocycles. The molecule has 3 atom stereocenters. The summed E-state index contributed by atoms with van der Waals surface area (Å²) in [7, 11) is 0. The maximum Gasteiger partial charge on any atom is 0.326 e. The Morgan fingerprint density at radius 1 is 0.960 bits per heavy atom. The number of carboxylic acid groups (broad SMARTS) is 1.